The number of rotatable bonds is 65. The Morgan fingerprint density at radius 3 is 0.934 bits per heavy atom. The van der Waals surface area contributed by atoms with Crippen molar-refractivity contribution in [2.45, 2.75) is 283 Å². The lowest BCUT2D eigenvalue weighted by atomic mass is 10.1. The highest BCUT2D eigenvalue weighted by molar-refractivity contribution is 7.47. The number of ether oxygens (including phenoxy) is 3. The highest BCUT2D eigenvalue weighted by atomic mass is 31.2. The molecule has 16 nitrogen and oxygen atoms in total. The molecule has 0 amide bonds. The maximum Gasteiger partial charge on any atom is 0.472 e. The first-order valence-corrected chi connectivity index (χ1v) is 37.8. The van der Waals surface area contributed by atoms with Crippen molar-refractivity contribution in [1.29, 1.82) is 0 Å². The Labute approximate surface area is 551 Å². The summed E-state index contributed by atoms with van der Waals surface area (Å²) in [7, 11) is -9.78. The van der Waals surface area contributed by atoms with Crippen molar-refractivity contribution >= 4 is 33.6 Å². The first-order chi connectivity index (χ1) is 44.2. The van der Waals surface area contributed by atoms with Crippen LogP contribution in [0.15, 0.2) is 122 Å². The summed E-state index contributed by atoms with van der Waals surface area (Å²) in [6.45, 7) is 2.37. The van der Waals surface area contributed by atoms with Gasteiger partial charge in [0.05, 0.1) is 26.4 Å². The van der Waals surface area contributed by atoms with Crippen molar-refractivity contribution in [2.24, 2.45) is 0 Å². The van der Waals surface area contributed by atoms with Gasteiger partial charge in [-0.3, -0.25) is 32.5 Å². The van der Waals surface area contributed by atoms with Crippen LogP contribution in [0.4, 0.5) is 0 Å². The molecule has 0 bridgehead atoms. The molecule has 0 saturated heterocycles. The number of phosphoric ester groups is 2. The molecule has 18 heteroatoms. The van der Waals surface area contributed by atoms with E-state index in [0.717, 1.165) is 161 Å². The fourth-order valence-corrected chi connectivity index (χ4v) is 10.5. The summed E-state index contributed by atoms with van der Waals surface area (Å²) in [6.07, 6.45) is 75.4. The van der Waals surface area contributed by atoms with Gasteiger partial charge in [0.25, 0.3) is 0 Å². The van der Waals surface area contributed by atoms with Crippen LogP contribution in [-0.2, 0) is 55.8 Å². The number of esters is 3. The van der Waals surface area contributed by atoms with Crippen molar-refractivity contribution in [3.8, 4) is 0 Å². The Hall–Kier alpha value is -4.05. The first kappa shape index (κ1) is 87.0. The number of allylic oxidation sites excluding steroid dienone is 20. The van der Waals surface area contributed by atoms with Gasteiger partial charge >= 0.3 is 33.6 Å². The van der Waals surface area contributed by atoms with Crippen LogP contribution < -0.4 is 0 Å². The van der Waals surface area contributed by atoms with Gasteiger partial charge in [0.15, 0.2) is 6.10 Å². The van der Waals surface area contributed by atoms with E-state index in [1.807, 2.05) is 0 Å². The summed E-state index contributed by atoms with van der Waals surface area (Å²) in [5, 5.41) is 20.6. The molecule has 0 aliphatic heterocycles. The van der Waals surface area contributed by atoms with E-state index in [0.29, 0.717) is 19.3 Å². The number of carbonyl (C=O) groups is 3. The van der Waals surface area contributed by atoms with Crippen molar-refractivity contribution in [3.63, 3.8) is 0 Å². The Morgan fingerprint density at radius 1 is 0.319 bits per heavy atom. The number of aliphatic hydroxyl groups is 2. The molecule has 0 rings (SSSR count). The van der Waals surface area contributed by atoms with Gasteiger partial charge in [0, 0.05) is 19.3 Å². The zero-order valence-electron chi connectivity index (χ0n) is 56.5. The highest BCUT2D eigenvalue weighted by Crippen LogP contribution is 2.45. The third kappa shape index (κ3) is 67.2. The quantitative estimate of drug-likeness (QED) is 0.0146. The van der Waals surface area contributed by atoms with Gasteiger partial charge < -0.3 is 34.2 Å². The predicted molar refractivity (Wildman–Crippen MR) is 371 cm³/mol. The Bertz CT molecular complexity index is 2140. The highest BCUT2D eigenvalue weighted by Gasteiger charge is 2.29. The van der Waals surface area contributed by atoms with E-state index in [4.69, 9.17) is 32.3 Å². The minimum atomic E-state index is -4.93. The second kappa shape index (κ2) is 66.0. The second-order valence-corrected chi connectivity index (χ2v) is 25.8. The van der Waals surface area contributed by atoms with E-state index in [1.54, 1.807) is 0 Å². The van der Waals surface area contributed by atoms with E-state index in [1.165, 1.54) is 44.9 Å². The Kier molecular flexibility index (Phi) is 63.1. The topological polar surface area (TPSA) is 231 Å². The number of phosphoric acid groups is 2. The molecular formula is C73H124O16P2. The molecule has 0 heterocycles. The molecule has 522 valence electrons. The van der Waals surface area contributed by atoms with Crippen molar-refractivity contribution < 1.29 is 75.8 Å². The molecule has 0 aliphatic rings. The summed E-state index contributed by atoms with van der Waals surface area (Å²) in [4.78, 5) is 58.3. The molecule has 5 atom stereocenters. The number of hydrogen-bond acceptors (Lipinski definition) is 14. The summed E-state index contributed by atoms with van der Waals surface area (Å²) in [5.41, 5.74) is 0. The van der Waals surface area contributed by atoms with Crippen LogP contribution in [0.1, 0.15) is 265 Å². The lowest BCUT2D eigenvalue weighted by molar-refractivity contribution is -0.161. The van der Waals surface area contributed by atoms with Gasteiger partial charge in [0.2, 0.25) is 0 Å². The SMILES string of the molecule is CC/C=C\C/C=C\C/C=C\C/C=C\C/C=C\C/C=C\CCCCCCCCCCC(=O)OCC(O)COP(=O)(O)OCC(O)COP(=O)(O)OCC(COC(=O)CCCCCCC/C=C\C/C=C\C/C=C\CC)OC(=O)CCCCCCC/C=C\CCCCCC. The number of unbranched alkanes of at least 4 members (excludes halogenated alkanes) is 22. The molecule has 0 fully saturated rings. The van der Waals surface area contributed by atoms with Gasteiger partial charge in [-0.25, -0.2) is 9.13 Å². The second-order valence-electron chi connectivity index (χ2n) is 22.9. The molecule has 5 unspecified atom stereocenters. The largest absolute Gasteiger partial charge is 0.472 e. The Morgan fingerprint density at radius 2 is 0.582 bits per heavy atom. The van der Waals surface area contributed by atoms with Gasteiger partial charge in [-0.1, -0.05) is 239 Å². The molecule has 0 aliphatic carbocycles. The van der Waals surface area contributed by atoms with Crippen LogP contribution in [0.2, 0.25) is 0 Å². The zero-order valence-corrected chi connectivity index (χ0v) is 58.3. The van der Waals surface area contributed by atoms with Crippen molar-refractivity contribution in [3.05, 3.63) is 122 Å². The van der Waals surface area contributed by atoms with Crippen LogP contribution in [0.3, 0.4) is 0 Å². The summed E-state index contributed by atoms with van der Waals surface area (Å²) in [6, 6.07) is 0. The smallest absolute Gasteiger partial charge is 0.463 e. The van der Waals surface area contributed by atoms with Gasteiger partial charge in [-0.15, -0.1) is 0 Å². The summed E-state index contributed by atoms with van der Waals surface area (Å²) in [5.74, 6) is -1.61. The average molecular weight is 1320 g/mol. The van der Waals surface area contributed by atoms with Crippen LogP contribution in [-0.4, -0.2) is 95.9 Å². The van der Waals surface area contributed by atoms with Crippen LogP contribution >= 0.6 is 15.6 Å². The van der Waals surface area contributed by atoms with E-state index in [2.05, 4.69) is 142 Å². The standard InChI is InChI=1S/C73H124O16P2/c1-4-7-10-13-16-19-22-25-27-28-29-30-31-32-33-34-35-36-37-38-40-43-44-47-50-53-56-59-71(76)83-62-68(74)63-85-90(79,80)86-64-69(75)65-87-91(81,82)88-67-70(89-73(78)61-58-55-52-49-46-41-24-21-18-15-12-9-6-3)66-84-72(77)60-57-54-51-48-45-42-39-26-23-20-17-14-11-8-5-2/h7-8,10-11,16-17,19-21,24-27,29-30,32-33,35-36,39,68-70,74-75H,4-6,9,12-15,18,22-23,28,31,34,37-38,40-67H2,1-3H3,(H,79,80)(H,81,82)/b10-7-,11-8-,19-16-,20-17-,24-21-,27-25-,30-29-,33-32-,36-35-,39-26-. The van der Waals surface area contributed by atoms with E-state index in [-0.39, 0.29) is 19.3 Å². The third-order valence-corrected chi connectivity index (χ3v) is 16.1. The molecule has 0 spiro atoms. The van der Waals surface area contributed by atoms with Gasteiger partial charge in [0.1, 0.15) is 25.4 Å². The number of aliphatic hydroxyl groups excluding tert-OH is 2. The lowest BCUT2D eigenvalue weighted by Gasteiger charge is -2.21. The normalized spacial score (nSPS) is 14.9. The molecule has 0 aromatic carbocycles. The molecule has 91 heavy (non-hydrogen) atoms. The number of carbonyl (C=O) groups excluding carboxylic acids is 3. The maximum absolute atomic E-state index is 12.9. The molecule has 4 N–H and O–H groups in total. The molecule has 0 aromatic rings. The summed E-state index contributed by atoms with van der Waals surface area (Å²) >= 11 is 0. The van der Waals surface area contributed by atoms with Crippen molar-refractivity contribution in [1.82, 2.24) is 0 Å². The predicted octanol–water partition coefficient (Wildman–Crippen LogP) is 19.4. The van der Waals surface area contributed by atoms with Gasteiger partial charge in [-0.05, 0) is 128 Å². The van der Waals surface area contributed by atoms with Crippen LogP contribution in [0.5, 0.6) is 0 Å². The van der Waals surface area contributed by atoms with E-state index >= 15 is 0 Å². The monoisotopic (exact) mass is 1320 g/mol. The van der Waals surface area contributed by atoms with Crippen LogP contribution in [0.25, 0.3) is 0 Å². The zero-order chi connectivity index (χ0) is 66.7. The first-order valence-electron chi connectivity index (χ1n) is 34.8. The van der Waals surface area contributed by atoms with E-state index in [9.17, 15) is 43.5 Å². The fourth-order valence-electron chi connectivity index (χ4n) is 8.88. The van der Waals surface area contributed by atoms with Gasteiger partial charge in [-0.2, -0.15) is 0 Å². The lowest BCUT2D eigenvalue weighted by Crippen LogP contribution is -2.30. The molecule has 0 aromatic heterocycles. The summed E-state index contributed by atoms with van der Waals surface area (Å²) < 4.78 is 60.8. The van der Waals surface area contributed by atoms with Crippen molar-refractivity contribution in [2.75, 3.05) is 39.6 Å². The third-order valence-electron chi connectivity index (χ3n) is 14.2. The minimum absolute atomic E-state index is 0.0888. The molecule has 0 radical (unpaired) electrons. The average Bonchev–Trinajstić information content (AvgIpc) is 3.70. The fraction of sp³-hybridized carbons (Fsp3) is 0.685. The Balaban J connectivity index is 4.53. The molecule has 0 saturated carbocycles. The number of hydrogen-bond donors (Lipinski definition) is 4. The maximum atomic E-state index is 12.9. The van der Waals surface area contributed by atoms with Crippen LogP contribution in [0, 0.1) is 0 Å². The molecular weight excluding hydrogens is 1190 g/mol. The van der Waals surface area contributed by atoms with E-state index < -0.39 is 91.5 Å². The minimum Gasteiger partial charge on any atom is -0.463 e.